The van der Waals surface area contributed by atoms with E-state index in [-0.39, 0.29) is 25.7 Å². The molecule has 0 aliphatic rings. The highest BCUT2D eigenvalue weighted by Crippen LogP contribution is 2.45. The van der Waals surface area contributed by atoms with E-state index in [9.17, 15) is 43.2 Å². The Hall–Kier alpha value is -3.50. The third kappa shape index (κ3) is 76.7. The monoisotopic (exact) mass is 1510 g/mol. The summed E-state index contributed by atoms with van der Waals surface area (Å²) < 4.78 is 68.7. The van der Waals surface area contributed by atoms with Crippen LogP contribution < -0.4 is 0 Å². The fraction of sp³-hybridized carbons (Fsp3) is 0.812. The maximum absolute atomic E-state index is 13.1. The lowest BCUT2D eigenvalue weighted by Crippen LogP contribution is -2.30. The molecule has 0 heterocycles. The van der Waals surface area contributed by atoms with E-state index < -0.39 is 97.5 Å². The largest absolute Gasteiger partial charge is 0.472 e. The third-order valence-electron chi connectivity index (χ3n) is 18.2. The summed E-state index contributed by atoms with van der Waals surface area (Å²) in [6, 6.07) is 0. The number of hydrogen-bond acceptors (Lipinski definition) is 15. The number of rotatable bonds is 80. The Morgan fingerprint density at radius 3 is 0.788 bits per heavy atom. The Morgan fingerprint density at radius 1 is 0.279 bits per heavy atom. The van der Waals surface area contributed by atoms with Gasteiger partial charge in [-0.1, -0.05) is 338 Å². The van der Waals surface area contributed by atoms with Gasteiger partial charge in [-0.2, -0.15) is 0 Å². The molecule has 0 radical (unpaired) electrons. The van der Waals surface area contributed by atoms with Gasteiger partial charge in [0.25, 0.3) is 0 Å². The SMILES string of the molecule is CC/C=C\C/C=C\C/C=C\C/C=C\C/C=C\CCCCCC(=O)OCC(COP(=O)(O)OCC(O)COP(=O)(O)OCC(COC(=O)CCCCCCC/C=C\CCCCCCCC)OC(=O)CCCCCCCCCCCCCCCCC)OC(=O)CCCCCCCCCCCCCCCCC. The van der Waals surface area contributed by atoms with Crippen LogP contribution in [0.5, 0.6) is 0 Å². The van der Waals surface area contributed by atoms with Crippen LogP contribution in [0.3, 0.4) is 0 Å². The standard InChI is InChI=1S/C85H154O17P2/c1-5-9-13-17-21-25-29-33-37-38-39-40-44-46-50-54-58-62-66-70-83(88)96-76-81(102-85(90)72-68-64-60-56-52-48-43-36-32-28-24-20-16-12-8-4)78-100-104(93,94)98-74-79(86)73-97-103(91,92)99-77-80(101-84(89)71-67-63-59-55-51-47-42-35-31-27-23-19-15-11-7-3)75-95-82(87)69-65-61-57-53-49-45-41-34-30-26-22-18-14-10-6-2/h9,13,21,25,33-34,37,39-41,46,50,79-81,86H,5-8,10-12,14-20,22-24,26-32,35-36,38,42-45,47-49,51-78H2,1-4H3,(H,91,92)(H,93,94)/b13-9-,25-21-,37-33-,40-39-,41-34-,50-46-. The minimum Gasteiger partial charge on any atom is -0.462 e. The van der Waals surface area contributed by atoms with Crippen molar-refractivity contribution in [2.45, 2.75) is 406 Å². The van der Waals surface area contributed by atoms with Crippen LogP contribution >= 0.6 is 15.6 Å². The van der Waals surface area contributed by atoms with Crippen LogP contribution in [-0.2, 0) is 65.4 Å². The van der Waals surface area contributed by atoms with Crippen LogP contribution in [0.25, 0.3) is 0 Å². The third-order valence-corrected chi connectivity index (χ3v) is 20.1. The molecule has 0 aromatic rings. The second kappa shape index (κ2) is 77.7. The Kier molecular flexibility index (Phi) is 75.0. The van der Waals surface area contributed by atoms with Crippen molar-refractivity contribution in [2.75, 3.05) is 39.6 Å². The number of allylic oxidation sites excluding steroid dienone is 12. The molecular formula is C85H154O17P2. The lowest BCUT2D eigenvalue weighted by atomic mass is 10.0. The van der Waals surface area contributed by atoms with Gasteiger partial charge in [0.1, 0.15) is 19.3 Å². The average molecular weight is 1510 g/mol. The van der Waals surface area contributed by atoms with Gasteiger partial charge in [0.2, 0.25) is 0 Å². The molecule has 0 bridgehead atoms. The topological polar surface area (TPSA) is 237 Å². The second-order valence-electron chi connectivity index (χ2n) is 28.4. The van der Waals surface area contributed by atoms with E-state index in [1.54, 1.807) is 0 Å². The van der Waals surface area contributed by atoms with Crippen molar-refractivity contribution < 1.29 is 80.2 Å². The highest BCUT2D eigenvalue weighted by Gasteiger charge is 2.30. The van der Waals surface area contributed by atoms with E-state index in [1.165, 1.54) is 167 Å². The maximum Gasteiger partial charge on any atom is 0.472 e. The summed E-state index contributed by atoms with van der Waals surface area (Å²) in [5.41, 5.74) is 0. The minimum atomic E-state index is -4.98. The average Bonchev–Trinajstić information content (AvgIpc) is 0.918. The first-order chi connectivity index (χ1) is 50.7. The molecule has 104 heavy (non-hydrogen) atoms. The number of carbonyl (C=O) groups is 4. The zero-order valence-electron chi connectivity index (χ0n) is 66.5. The highest BCUT2D eigenvalue weighted by molar-refractivity contribution is 7.47. The molecule has 0 aliphatic heterocycles. The minimum absolute atomic E-state index is 0.0929. The zero-order valence-corrected chi connectivity index (χ0v) is 68.2. The lowest BCUT2D eigenvalue weighted by Gasteiger charge is -2.21. The van der Waals surface area contributed by atoms with E-state index in [1.807, 2.05) is 0 Å². The molecule has 0 aromatic heterocycles. The first-order valence-electron chi connectivity index (χ1n) is 42.2. The van der Waals surface area contributed by atoms with E-state index in [4.69, 9.17) is 37.0 Å². The molecule has 5 unspecified atom stereocenters. The van der Waals surface area contributed by atoms with Gasteiger partial charge in [0, 0.05) is 25.7 Å². The van der Waals surface area contributed by atoms with Crippen LogP contribution in [0, 0.1) is 0 Å². The van der Waals surface area contributed by atoms with Crippen LogP contribution in [-0.4, -0.2) is 96.7 Å². The summed E-state index contributed by atoms with van der Waals surface area (Å²) in [5.74, 6) is -2.18. The van der Waals surface area contributed by atoms with Crippen LogP contribution in [0.4, 0.5) is 0 Å². The summed E-state index contributed by atoms with van der Waals surface area (Å²) in [6.07, 6.45) is 80.1. The number of esters is 4. The van der Waals surface area contributed by atoms with Gasteiger partial charge in [0.15, 0.2) is 12.2 Å². The molecule has 5 atom stereocenters. The highest BCUT2D eigenvalue weighted by atomic mass is 31.2. The van der Waals surface area contributed by atoms with Crippen molar-refractivity contribution in [1.29, 1.82) is 0 Å². The fourth-order valence-electron chi connectivity index (χ4n) is 11.8. The molecule has 606 valence electrons. The number of unbranched alkanes of at least 4 members (excludes halogenated alkanes) is 42. The van der Waals surface area contributed by atoms with Gasteiger partial charge in [-0.05, 0) is 96.3 Å². The number of phosphoric ester groups is 2. The Balaban J connectivity index is 5.36. The summed E-state index contributed by atoms with van der Waals surface area (Å²) >= 11 is 0. The summed E-state index contributed by atoms with van der Waals surface area (Å²) in [6.45, 7) is 4.81. The number of carbonyl (C=O) groups excluding carboxylic acids is 4. The molecule has 0 saturated carbocycles. The zero-order chi connectivity index (χ0) is 76.0. The summed E-state index contributed by atoms with van der Waals surface area (Å²) in [4.78, 5) is 73.1. The van der Waals surface area contributed by atoms with Crippen molar-refractivity contribution in [1.82, 2.24) is 0 Å². The van der Waals surface area contributed by atoms with Crippen LogP contribution in [0.1, 0.15) is 387 Å². The van der Waals surface area contributed by atoms with Crippen LogP contribution in [0.2, 0.25) is 0 Å². The Bertz CT molecular complexity index is 2250. The van der Waals surface area contributed by atoms with Crippen molar-refractivity contribution in [3.05, 3.63) is 72.9 Å². The molecular weight excluding hydrogens is 1350 g/mol. The number of phosphoric acid groups is 2. The summed E-state index contributed by atoms with van der Waals surface area (Å²) in [5, 5.41) is 10.7. The van der Waals surface area contributed by atoms with Crippen molar-refractivity contribution in [3.8, 4) is 0 Å². The van der Waals surface area contributed by atoms with Crippen molar-refractivity contribution >= 4 is 39.5 Å². The maximum atomic E-state index is 13.1. The molecule has 0 spiro atoms. The van der Waals surface area contributed by atoms with Gasteiger partial charge in [0.05, 0.1) is 26.4 Å². The van der Waals surface area contributed by atoms with Gasteiger partial charge >= 0.3 is 39.5 Å². The molecule has 0 aliphatic carbocycles. The molecule has 17 nitrogen and oxygen atoms in total. The van der Waals surface area contributed by atoms with Crippen molar-refractivity contribution in [3.63, 3.8) is 0 Å². The predicted octanol–water partition coefficient (Wildman–Crippen LogP) is 24.8. The van der Waals surface area contributed by atoms with E-state index >= 15 is 0 Å². The molecule has 0 fully saturated rings. The normalized spacial score (nSPS) is 14.2. The van der Waals surface area contributed by atoms with Gasteiger partial charge in [-0.15, -0.1) is 0 Å². The number of aliphatic hydroxyl groups excluding tert-OH is 1. The lowest BCUT2D eigenvalue weighted by molar-refractivity contribution is -0.161. The van der Waals surface area contributed by atoms with E-state index in [0.717, 1.165) is 141 Å². The van der Waals surface area contributed by atoms with E-state index in [0.29, 0.717) is 25.7 Å². The number of aliphatic hydroxyl groups is 1. The van der Waals surface area contributed by atoms with E-state index in [2.05, 4.69) is 101 Å². The molecule has 0 amide bonds. The first-order valence-corrected chi connectivity index (χ1v) is 45.2. The Morgan fingerprint density at radius 2 is 0.500 bits per heavy atom. The number of ether oxygens (including phenoxy) is 4. The quantitative estimate of drug-likeness (QED) is 0.0169. The summed E-state index contributed by atoms with van der Waals surface area (Å²) in [7, 11) is -9.96. The number of hydrogen-bond donors (Lipinski definition) is 3. The van der Waals surface area contributed by atoms with Gasteiger partial charge in [-0.25, -0.2) is 9.13 Å². The first kappa shape index (κ1) is 100. The fourth-order valence-corrected chi connectivity index (χ4v) is 13.4. The molecule has 0 rings (SSSR count). The van der Waals surface area contributed by atoms with Crippen molar-refractivity contribution in [2.24, 2.45) is 0 Å². The molecule has 0 saturated heterocycles. The molecule has 3 N–H and O–H groups in total. The second-order valence-corrected chi connectivity index (χ2v) is 31.3. The molecule has 19 heteroatoms. The predicted molar refractivity (Wildman–Crippen MR) is 427 cm³/mol. The van der Waals surface area contributed by atoms with Gasteiger partial charge in [-0.3, -0.25) is 37.3 Å². The molecule has 0 aromatic carbocycles. The van der Waals surface area contributed by atoms with Crippen LogP contribution in [0.15, 0.2) is 72.9 Å². The Labute approximate surface area is 634 Å². The smallest absolute Gasteiger partial charge is 0.462 e. The van der Waals surface area contributed by atoms with Gasteiger partial charge < -0.3 is 33.8 Å².